The van der Waals surface area contributed by atoms with Crippen LogP contribution in [0.15, 0.2) is 29.2 Å². The summed E-state index contributed by atoms with van der Waals surface area (Å²) in [7, 11) is -3.39. The number of anilines is 1. The van der Waals surface area contributed by atoms with Gasteiger partial charge < -0.3 is 10.1 Å². The van der Waals surface area contributed by atoms with Gasteiger partial charge in [0.15, 0.2) is 0 Å². The van der Waals surface area contributed by atoms with Crippen LogP contribution in [0.3, 0.4) is 0 Å². The number of hydrogen-bond donors (Lipinski definition) is 1. The molecule has 0 amide bonds. The molecule has 1 aromatic carbocycles. The van der Waals surface area contributed by atoms with Crippen molar-refractivity contribution in [2.24, 2.45) is 0 Å². The molecule has 1 aliphatic heterocycles. The Balaban J connectivity index is 1.67. The summed E-state index contributed by atoms with van der Waals surface area (Å²) in [4.78, 5) is 0.364. The van der Waals surface area contributed by atoms with Gasteiger partial charge in [-0.05, 0) is 37.1 Å². The highest BCUT2D eigenvalue weighted by atomic mass is 32.2. The third kappa shape index (κ3) is 3.62. The lowest BCUT2D eigenvalue weighted by molar-refractivity contribution is 0.0730. The predicted molar refractivity (Wildman–Crippen MR) is 86.5 cm³/mol. The molecule has 0 bridgehead atoms. The Labute approximate surface area is 132 Å². The highest BCUT2D eigenvalue weighted by molar-refractivity contribution is 7.89. The van der Waals surface area contributed by atoms with E-state index in [1.54, 1.807) is 12.1 Å². The van der Waals surface area contributed by atoms with Gasteiger partial charge in [-0.3, -0.25) is 0 Å². The molecule has 0 radical (unpaired) electrons. The van der Waals surface area contributed by atoms with Crippen LogP contribution in [0.1, 0.15) is 32.1 Å². The molecule has 1 aliphatic carbocycles. The molecular formula is C16H24N2O3S. The Hall–Kier alpha value is -1.11. The number of hydrogen-bond acceptors (Lipinski definition) is 4. The Bertz CT molecular complexity index is 574. The van der Waals surface area contributed by atoms with Gasteiger partial charge in [-0.25, -0.2) is 8.42 Å². The first kappa shape index (κ1) is 15.8. The molecule has 1 N–H and O–H groups in total. The van der Waals surface area contributed by atoms with Gasteiger partial charge in [0.05, 0.1) is 18.1 Å². The molecule has 3 rings (SSSR count). The number of morpholine rings is 1. The van der Waals surface area contributed by atoms with Crippen LogP contribution in [0, 0.1) is 0 Å². The van der Waals surface area contributed by atoms with E-state index in [1.807, 2.05) is 12.1 Å². The molecule has 2 fully saturated rings. The van der Waals surface area contributed by atoms with Crippen LogP contribution >= 0.6 is 0 Å². The molecule has 0 atom stereocenters. The summed E-state index contributed by atoms with van der Waals surface area (Å²) < 4.78 is 31.8. The Kier molecular flexibility index (Phi) is 5.00. The summed E-state index contributed by atoms with van der Waals surface area (Å²) in [6.45, 7) is 1.82. The standard InChI is InChI=1S/C16H24N2O3S/c19-22(20,18-10-12-21-13-11-18)16-8-6-15(7-9-16)17-14-4-2-1-3-5-14/h6-9,14,17H,1-5,10-13H2. The van der Waals surface area contributed by atoms with Crippen molar-refractivity contribution >= 4 is 15.7 Å². The molecule has 1 aromatic rings. The van der Waals surface area contributed by atoms with Crippen molar-refractivity contribution in [2.75, 3.05) is 31.6 Å². The van der Waals surface area contributed by atoms with E-state index in [0.717, 1.165) is 5.69 Å². The summed E-state index contributed by atoms with van der Waals surface area (Å²) in [6.07, 6.45) is 6.29. The zero-order valence-corrected chi connectivity index (χ0v) is 13.6. The maximum absolute atomic E-state index is 12.5. The minimum absolute atomic E-state index is 0.364. The van der Waals surface area contributed by atoms with Crippen molar-refractivity contribution in [3.8, 4) is 0 Å². The summed E-state index contributed by atoms with van der Waals surface area (Å²) in [5, 5.41) is 3.51. The van der Waals surface area contributed by atoms with Gasteiger partial charge in [0.2, 0.25) is 10.0 Å². The fraction of sp³-hybridized carbons (Fsp3) is 0.625. The first-order valence-electron chi connectivity index (χ1n) is 8.11. The third-order valence-electron chi connectivity index (χ3n) is 4.44. The fourth-order valence-electron chi connectivity index (χ4n) is 3.14. The second-order valence-corrected chi connectivity index (χ2v) is 7.96. The van der Waals surface area contributed by atoms with Crippen LogP contribution in [0.25, 0.3) is 0 Å². The minimum Gasteiger partial charge on any atom is -0.382 e. The smallest absolute Gasteiger partial charge is 0.243 e. The fourth-order valence-corrected chi connectivity index (χ4v) is 4.55. The molecule has 0 spiro atoms. The molecule has 1 saturated carbocycles. The summed E-state index contributed by atoms with van der Waals surface area (Å²) >= 11 is 0. The molecular weight excluding hydrogens is 300 g/mol. The molecule has 0 unspecified atom stereocenters. The van der Waals surface area contributed by atoms with E-state index in [4.69, 9.17) is 4.74 Å². The molecule has 5 nitrogen and oxygen atoms in total. The minimum atomic E-state index is -3.39. The number of benzene rings is 1. The lowest BCUT2D eigenvalue weighted by atomic mass is 9.95. The monoisotopic (exact) mass is 324 g/mol. The highest BCUT2D eigenvalue weighted by Crippen LogP contribution is 2.23. The van der Waals surface area contributed by atoms with Crippen LogP contribution in [0.5, 0.6) is 0 Å². The summed E-state index contributed by atoms with van der Waals surface area (Å²) in [5.74, 6) is 0. The molecule has 1 saturated heterocycles. The van der Waals surface area contributed by atoms with Gasteiger partial charge in [-0.15, -0.1) is 0 Å². The maximum Gasteiger partial charge on any atom is 0.243 e. The lowest BCUT2D eigenvalue weighted by Gasteiger charge is -2.26. The van der Waals surface area contributed by atoms with Gasteiger partial charge in [-0.2, -0.15) is 4.31 Å². The summed E-state index contributed by atoms with van der Waals surface area (Å²) in [5.41, 5.74) is 1.01. The van der Waals surface area contributed by atoms with Gasteiger partial charge in [-0.1, -0.05) is 19.3 Å². The third-order valence-corrected chi connectivity index (χ3v) is 6.35. The first-order chi connectivity index (χ1) is 10.7. The van der Waals surface area contributed by atoms with E-state index in [2.05, 4.69) is 5.32 Å². The average Bonchev–Trinajstić information content (AvgIpc) is 2.57. The van der Waals surface area contributed by atoms with Gasteiger partial charge in [0.1, 0.15) is 0 Å². The molecule has 1 heterocycles. The van der Waals surface area contributed by atoms with E-state index in [1.165, 1.54) is 36.4 Å². The van der Waals surface area contributed by atoms with Crippen molar-refractivity contribution in [2.45, 2.75) is 43.0 Å². The molecule has 122 valence electrons. The number of ether oxygens (including phenoxy) is 1. The van der Waals surface area contributed by atoms with Crippen LogP contribution in [0.2, 0.25) is 0 Å². The van der Waals surface area contributed by atoms with Gasteiger partial charge >= 0.3 is 0 Å². The maximum atomic E-state index is 12.5. The normalized spacial score (nSPS) is 21.6. The molecule has 0 aromatic heterocycles. The lowest BCUT2D eigenvalue weighted by Crippen LogP contribution is -2.40. The van der Waals surface area contributed by atoms with E-state index in [-0.39, 0.29) is 0 Å². The van der Waals surface area contributed by atoms with Crippen molar-refractivity contribution in [3.05, 3.63) is 24.3 Å². The second kappa shape index (κ2) is 6.98. The quantitative estimate of drug-likeness (QED) is 0.924. The SMILES string of the molecule is O=S(=O)(c1ccc(NC2CCCCC2)cc1)N1CCOCC1. The first-order valence-corrected chi connectivity index (χ1v) is 9.55. The van der Waals surface area contributed by atoms with Crippen molar-refractivity contribution in [3.63, 3.8) is 0 Å². The number of nitrogens with one attached hydrogen (secondary N) is 1. The van der Waals surface area contributed by atoms with E-state index in [9.17, 15) is 8.42 Å². The number of sulfonamides is 1. The van der Waals surface area contributed by atoms with Crippen LogP contribution in [-0.4, -0.2) is 45.1 Å². The molecule has 2 aliphatic rings. The van der Waals surface area contributed by atoms with Gasteiger partial charge in [0.25, 0.3) is 0 Å². The predicted octanol–water partition coefficient (Wildman–Crippen LogP) is 2.45. The number of nitrogens with zero attached hydrogens (tertiary/aromatic N) is 1. The second-order valence-electron chi connectivity index (χ2n) is 6.02. The Morgan fingerprint density at radius 3 is 2.27 bits per heavy atom. The topological polar surface area (TPSA) is 58.6 Å². The zero-order chi connectivity index (χ0) is 15.4. The largest absolute Gasteiger partial charge is 0.382 e. The van der Waals surface area contributed by atoms with Crippen LogP contribution < -0.4 is 5.32 Å². The van der Waals surface area contributed by atoms with Crippen molar-refractivity contribution in [1.82, 2.24) is 4.31 Å². The van der Waals surface area contributed by atoms with Crippen molar-refractivity contribution in [1.29, 1.82) is 0 Å². The van der Waals surface area contributed by atoms with Crippen molar-refractivity contribution < 1.29 is 13.2 Å². The molecule has 6 heteroatoms. The summed E-state index contributed by atoms with van der Waals surface area (Å²) in [6, 6.07) is 7.69. The van der Waals surface area contributed by atoms with E-state index < -0.39 is 10.0 Å². The number of rotatable bonds is 4. The van der Waals surface area contributed by atoms with Crippen LogP contribution in [-0.2, 0) is 14.8 Å². The van der Waals surface area contributed by atoms with E-state index >= 15 is 0 Å². The van der Waals surface area contributed by atoms with E-state index in [0.29, 0.717) is 37.2 Å². The molecule has 22 heavy (non-hydrogen) atoms. The van der Waals surface area contributed by atoms with Crippen LogP contribution in [0.4, 0.5) is 5.69 Å². The van der Waals surface area contributed by atoms with Gasteiger partial charge in [0, 0.05) is 24.8 Å². The zero-order valence-electron chi connectivity index (χ0n) is 12.8. The Morgan fingerprint density at radius 2 is 1.64 bits per heavy atom. The Morgan fingerprint density at radius 1 is 1.00 bits per heavy atom. The highest BCUT2D eigenvalue weighted by Gasteiger charge is 2.26. The average molecular weight is 324 g/mol.